The van der Waals surface area contributed by atoms with Crippen molar-refractivity contribution < 1.29 is 19.4 Å². The molecule has 1 unspecified atom stereocenters. The normalized spacial score (nSPS) is 17.4. The summed E-state index contributed by atoms with van der Waals surface area (Å²) in [6.45, 7) is 6.29. The van der Waals surface area contributed by atoms with Crippen LogP contribution in [0.25, 0.3) is 5.76 Å². The summed E-state index contributed by atoms with van der Waals surface area (Å²) in [6.07, 6.45) is 3.32. The number of carbonyl (C=O) groups is 2. The third kappa shape index (κ3) is 4.31. The fourth-order valence-electron chi connectivity index (χ4n) is 4.29. The van der Waals surface area contributed by atoms with Crippen molar-refractivity contribution in [3.63, 3.8) is 0 Å². The van der Waals surface area contributed by atoms with Gasteiger partial charge in [-0.2, -0.15) is 0 Å². The maximum absolute atomic E-state index is 13.3. The smallest absolute Gasteiger partial charge is 0.295 e. The number of methoxy groups -OCH3 is 1. The van der Waals surface area contributed by atoms with Crippen LogP contribution in [0, 0.1) is 6.92 Å². The number of ether oxygens (including phenoxy) is 1. The third-order valence-electron chi connectivity index (χ3n) is 6.14. The summed E-state index contributed by atoms with van der Waals surface area (Å²) in [4.78, 5) is 32.1. The molecule has 1 atom stereocenters. The molecule has 6 nitrogen and oxygen atoms in total. The molecule has 1 N–H and O–H groups in total. The van der Waals surface area contributed by atoms with Crippen LogP contribution in [0.3, 0.4) is 0 Å². The van der Waals surface area contributed by atoms with E-state index in [0.717, 1.165) is 22.3 Å². The first-order valence-corrected chi connectivity index (χ1v) is 11.2. The second-order valence-corrected chi connectivity index (χ2v) is 8.81. The van der Waals surface area contributed by atoms with E-state index in [0.29, 0.717) is 17.2 Å². The van der Waals surface area contributed by atoms with E-state index in [1.165, 1.54) is 12.0 Å². The Morgan fingerprint density at radius 1 is 1.12 bits per heavy atom. The molecule has 1 aliphatic heterocycles. The number of carbonyl (C=O) groups excluding carboxylic acids is 2. The van der Waals surface area contributed by atoms with Crippen LogP contribution in [0.5, 0.6) is 5.75 Å². The van der Waals surface area contributed by atoms with Crippen molar-refractivity contribution >= 4 is 17.4 Å². The van der Waals surface area contributed by atoms with E-state index in [-0.39, 0.29) is 17.9 Å². The molecule has 0 aliphatic carbocycles. The van der Waals surface area contributed by atoms with Gasteiger partial charge in [0.2, 0.25) is 0 Å². The van der Waals surface area contributed by atoms with Crippen molar-refractivity contribution in [2.24, 2.45) is 0 Å². The van der Waals surface area contributed by atoms with E-state index in [2.05, 4.69) is 18.8 Å². The van der Waals surface area contributed by atoms with Crippen LogP contribution in [-0.4, -0.2) is 33.8 Å². The van der Waals surface area contributed by atoms with Gasteiger partial charge in [0.25, 0.3) is 11.7 Å². The summed E-state index contributed by atoms with van der Waals surface area (Å²) in [5, 5.41) is 11.4. The topological polar surface area (TPSA) is 79.7 Å². The standard InChI is InChI=1S/C28H28N2O4/c1-17(2)20-8-10-21(11-9-20)25-24(26(31)22-14-18(3)7-12-23(22)34-4)27(32)28(33)30(25)16-19-6-5-13-29-15-19/h5-15,17,25,31H,16H2,1-4H3/b26-24+. The molecule has 1 aliphatic rings. The molecule has 2 heterocycles. The number of aliphatic hydroxyl groups excluding tert-OH is 1. The predicted octanol–water partition coefficient (Wildman–Crippen LogP) is 5.14. The molecular formula is C28H28N2O4. The van der Waals surface area contributed by atoms with Crippen LogP contribution in [0.4, 0.5) is 0 Å². The number of rotatable bonds is 6. The van der Waals surface area contributed by atoms with E-state index >= 15 is 0 Å². The Kier molecular flexibility index (Phi) is 6.50. The van der Waals surface area contributed by atoms with Gasteiger partial charge in [-0.1, -0.05) is 55.8 Å². The van der Waals surface area contributed by atoms with E-state index in [9.17, 15) is 14.7 Å². The summed E-state index contributed by atoms with van der Waals surface area (Å²) in [6, 6.07) is 16.1. The van der Waals surface area contributed by atoms with Crippen LogP contribution in [0.1, 0.15) is 53.6 Å². The maximum Gasteiger partial charge on any atom is 0.295 e. The lowest BCUT2D eigenvalue weighted by Gasteiger charge is -2.26. The van der Waals surface area contributed by atoms with Gasteiger partial charge in [0.05, 0.1) is 24.3 Å². The van der Waals surface area contributed by atoms with Gasteiger partial charge in [-0.05, 0) is 47.7 Å². The second kappa shape index (κ2) is 9.51. The highest BCUT2D eigenvalue weighted by Gasteiger charge is 2.46. The summed E-state index contributed by atoms with van der Waals surface area (Å²) in [7, 11) is 1.50. The van der Waals surface area contributed by atoms with Gasteiger partial charge in [0, 0.05) is 18.9 Å². The number of benzene rings is 2. The minimum absolute atomic E-state index is 0.0510. The number of pyridine rings is 1. The number of aromatic nitrogens is 1. The monoisotopic (exact) mass is 456 g/mol. The lowest BCUT2D eigenvalue weighted by molar-refractivity contribution is -0.140. The molecule has 2 aromatic carbocycles. The SMILES string of the molecule is COc1ccc(C)cc1/C(O)=C1\C(=O)C(=O)N(Cc2cccnc2)C1c1ccc(C(C)C)cc1. The van der Waals surface area contributed by atoms with Crippen molar-refractivity contribution in [1.82, 2.24) is 9.88 Å². The number of aliphatic hydroxyl groups is 1. The minimum Gasteiger partial charge on any atom is -0.507 e. The molecule has 34 heavy (non-hydrogen) atoms. The lowest BCUT2D eigenvalue weighted by atomic mass is 9.92. The van der Waals surface area contributed by atoms with Gasteiger partial charge in [-0.3, -0.25) is 14.6 Å². The van der Waals surface area contributed by atoms with Crippen molar-refractivity contribution in [1.29, 1.82) is 0 Å². The first-order valence-electron chi connectivity index (χ1n) is 11.2. The van der Waals surface area contributed by atoms with Crippen LogP contribution >= 0.6 is 0 Å². The van der Waals surface area contributed by atoms with Crippen molar-refractivity contribution in [3.05, 3.63) is 100 Å². The number of amides is 1. The fourth-order valence-corrected chi connectivity index (χ4v) is 4.29. The molecule has 1 fully saturated rings. The number of hydrogen-bond acceptors (Lipinski definition) is 5. The summed E-state index contributed by atoms with van der Waals surface area (Å²) in [5.74, 6) is -0.855. The Morgan fingerprint density at radius 3 is 2.47 bits per heavy atom. The van der Waals surface area contributed by atoms with Gasteiger partial charge >= 0.3 is 0 Å². The average Bonchev–Trinajstić information content (AvgIpc) is 3.09. The minimum atomic E-state index is -0.744. The summed E-state index contributed by atoms with van der Waals surface area (Å²) in [5.41, 5.74) is 4.01. The quantitative estimate of drug-likeness (QED) is 0.315. The van der Waals surface area contributed by atoms with Crippen molar-refractivity contribution in [2.75, 3.05) is 7.11 Å². The molecule has 4 rings (SSSR count). The summed E-state index contributed by atoms with van der Waals surface area (Å²) >= 11 is 0. The molecule has 1 amide bonds. The molecule has 1 saturated heterocycles. The van der Waals surface area contributed by atoms with Gasteiger partial charge in [0.15, 0.2) is 0 Å². The van der Waals surface area contributed by atoms with E-state index in [4.69, 9.17) is 4.74 Å². The molecule has 0 radical (unpaired) electrons. The van der Waals surface area contributed by atoms with Crippen molar-refractivity contribution in [2.45, 2.75) is 39.3 Å². The zero-order chi connectivity index (χ0) is 24.4. The second-order valence-electron chi connectivity index (χ2n) is 8.81. The number of likely N-dealkylation sites (tertiary alicyclic amines) is 1. The Morgan fingerprint density at radius 2 is 1.85 bits per heavy atom. The highest BCUT2D eigenvalue weighted by Crippen LogP contribution is 2.42. The molecule has 174 valence electrons. The van der Waals surface area contributed by atoms with E-state index < -0.39 is 17.7 Å². The van der Waals surface area contributed by atoms with Gasteiger partial charge in [0.1, 0.15) is 11.5 Å². The number of nitrogens with zero attached hydrogens (tertiary/aromatic N) is 2. The number of hydrogen-bond donors (Lipinski definition) is 1. The van der Waals surface area contributed by atoms with Crippen LogP contribution < -0.4 is 4.74 Å². The number of ketones is 1. The molecular weight excluding hydrogens is 428 g/mol. The Labute approximate surface area is 199 Å². The largest absolute Gasteiger partial charge is 0.507 e. The predicted molar refractivity (Wildman–Crippen MR) is 130 cm³/mol. The fraction of sp³-hybridized carbons (Fsp3) is 0.250. The Balaban J connectivity index is 1.90. The summed E-state index contributed by atoms with van der Waals surface area (Å²) < 4.78 is 5.44. The molecule has 1 aromatic heterocycles. The highest BCUT2D eigenvalue weighted by molar-refractivity contribution is 6.46. The molecule has 0 saturated carbocycles. The zero-order valence-electron chi connectivity index (χ0n) is 19.8. The molecule has 3 aromatic rings. The molecule has 0 spiro atoms. The van der Waals surface area contributed by atoms with E-state index in [1.807, 2.05) is 43.3 Å². The third-order valence-corrected chi connectivity index (χ3v) is 6.14. The molecule has 6 heteroatoms. The zero-order valence-corrected chi connectivity index (χ0v) is 19.8. The first-order chi connectivity index (χ1) is 16.3. The van der Waals surface area contributed by atoms with Crippen LogP contribution in [-0.2, 0) is 16.1 Å². The molecule has 0 bridgehead atoms. The van der Waals surface area contributed by atoms with E-state index in [1.54, 1.807) is 30.6 Å². The van der Waals surface area contributed by atoms with Crippen LogP contribution in [0.15, 0.2) is 72.6 Å². The Hall–Kier alpha value is -3.93. The van der Waals surface area contributed by atoms with Gasteiger partial charge in [-0.25, -0.2) is 0 Å². The van der Waals surface area contributed by atoms with Gasteiger partial charge < -0.3 is 14.7 Å². The van der Waals surface area contributed by atoms with Crippen molar-refractivity contribution in [3.8, 4) is 5.75 Å². The van der Waals surface area contributed by atoms with Crippen LogP contribution in [0.2, 0.25) is 0 Å². The van der Waals surface area contributed by atoms with Gasteiger partial charge in [-0.15, -0.1) is 0 Å². The number of Topliss-reactive ketones (excluding diaryl/α,β-unsaturated/α-hetero) is 1. The first kappa shape index (κ1) is 23.2. The average molecular weight is 457 g/mol. The highest BCUT2D eigenvalue weighted by atomic mass is 16.5. The maximum atomic E-state index is 13.3. The lowest BCUT2D eigenvalue weighted by Crippen LogP contribution is -2.29. The number of aryl methyl sites for hydroxylation is 1. The Bertz CT molecular complexity index is 1250.